The molecular weight excluding hydrogens is 278 g/mol. The number of aromatic nitrogens is 2. The van der Waals surface area contributed by atoms with E-state index in [1.54, 1.807) is 24.8 Å². The first kappa shape index (κ1) is 17.1. The number of rotatable bonds is 9. The second kappa shape index (κ2) is 7.75. The number of hydrogen-bond acceptors (Lipinski definition) is 5. The molecule has 20 heavy (non-hydrogen) atoms. The highest BCUT2D eigenvalue weighted by atomic mass is 32.2. The molecule has 0 N–H and O–H groups in total. The van der Waals surface area contributed by atoms with Gasteiger partial charge in [-0.2, -0.15) is 0 Å². The molecule has 0 aliphatic rings. The number of methoxy groups -OCH3 is 1. The van der Waals surface area contributed by atoms with Crippen molar-refractivity contribution in [2.24, 2.45) is 0 Å². The lowest BCUT2D eigenvalue weighted by Gasteiger charge is -2.19. The maximum absolute atomic E-state index is 12.1. The van der Waals surface area contributed by atoms with Gasteiger partial charge in [0.15, 0.2) is 0 Å². The summed E-state index contributed by atoms with van der Waals surface area (Å²) in [4.78, 5) is 6.35. The normalized spacial score (nSPS) is 12.2. The summed E-state index contributed by atoms with van der Waals surface area (Å²) in [6.45, 7) is 9.31. The number of imidazole rings is 1. The van der Waals surface area contributed by atoms with E-state index in [0.717, 1.165) is 18.8 Å². The fourth-order valence-electron chi connectivity index (χ4n) is 1.99. The molecule has 0 aliphatic carbocycles. The predicted molar refractivity (Wildman–Crippen MR) is 78.5 cm³/mol. The summed E-state index contributed by atoms with van der Waals surface area (Å²) in [6, 6.07) is 0. The molecule has 6 nitrogen and oxygen atoms in total. The Kier molecular flexibility index (Phi) is 6.64. The van der Waals surface area contributed by atoms with E-state index in [2.05, 4.69) is 23.7 Å². The second-order valence-electron chi connectivity index (χ2n) is 4.54. The Morgan fingerprint density at radius 3 is 2.45 bits per heavy atom. The summed E-state index contributed by atoms with van der Waals surface area (Å²) in [5.74, 6) is 0.0572. The minimum absolute atomic E-state index is 0.0572. The summed E-state index contributed by atoms with van der Waals surface area (Å²) in [7, 11) is -1.70. The molecule has 1 aromatic heterocycles. The van der Waals surface area contributed by atoms with Gasteiger partial charge in [-0.15, -0.1) is 0 Å². The lowest BCUT2D eigenvalue weighted by Crippen LogP contribution is -2.25. The van der Waals surface area contributed by atoms with Gasteiger partial charge in [0.2, 0.25) is 15.0 Å². The first-order valence-corrected chi connectivity index (χ1v) is 8.63. The van der Waals surface area contributed by atoms with Crippen LogP contribution in [0.15, 0.2) is 11.4 Å². The Bertz CT molecular complexity index is 507. The van der Waals surface area contributed by atoms with E-state index in [-0.39, 0.29) is 10.9 Å². The molecule has 7 heteroatoms. The predicted octanol–water partition coefficient (Wildman–Crippen LogP) is 1.16. The lowest BCUT2D eigenvalue weighted by atomic mass is 10.4. The molecule has 1 rings (SSSR count). The fourth-order valence-corrected chi connectivity index (χ4v) is 3.01. The van der Waals surface area contributed by atoms with Crippen LogP contribution in [0.1, 0.15) is 26.5 Å². The number of sulfone groups is 1. The standard InChI is InChI=1S/C13H25N3O3S/c1-5-15(6-2)11-12-10-14-13(20(17,18)7-3)16(12)8-9-19-4/h10H,5-9,11H2,1-4H3. The van der Waals surface area contributed by atoms with Crippen LogP contribution >= 0.6 is 0 Å². The molecule has 0 spiro atoms. The zero-order chi connectivity index (χ0) is 15.2. The van der Waals surface area contributed by atoms with E-state index < -0.39 is 9.84 Å². The van der Waals surface area contributed by atoms with Crippen molar-refractivity contribution in [3.63, 3.8) is 0 Å². The Morgan fingerprint density at radius 1 is 1.30 bits per heavy atom. The molecule has 0 fully saturated rings. The number of hydrogen-bond donors (Lipinski definition) is 0. The molecule has 0 bridgehead atoms. The van der Waals surface area contributed by atoms with Gasteiger partial charge in [0, 0.05) is 20.2 Å². The monoisotopic (exact) mass is 303 g/mol. The Morgan fingerprint density at radius 2 is 1.95 bits per heavy atom. The van der Waals surface area contributed by atoms with Gasteiger partial charge < -0.3 is 9.30 Å². The summed E-state index contributed by atoms with van der Waals surface area (Å²) in [6.07, 6.45) is 1.66. The van der Waals surface area contributed by atoms with E-state index in [4.69, 9.17) is 4.74 Å². The van der Waals surface area contributed by atoms with Crippen molar-refractivity contribution >= 4 is 9.84 Å². The largest absolute Gasteiger partial charge is 0.383 e. The highest BCUT2D eigenvalue weighted by molar-refractivity contribution is 7.91. The van der Waals surface area contributed by atoms with E-state index >= 15 is 0 Å². The van der Waals surface area contributed by atoms with Gasteiger partial charge in [-0.25, -0.2) is 13.4 Å². The van der Waals surface area contributed by atoms with Crippen LogP contribution in [-0.2, 0) is 27.7 Å². The van der Waals surface area contributed by atoms with Gasteiger partial charge in [0.1, 0.15) is 0 Å². The molecular formula is C13H25N3O3S. The molecule has 0 radical (unpaired) electrons. The van der Waals surface area contributed by atoms with Crippen LogP contribution in [0.2, 0.25) is 0 Å². The molecule has 0 aromatic carbocycles. The zero-order valence-electron chi connectivity index (χ0n) is 12.8. The molecule has 116 valence electrons. The first-order valence-electron chi connectivity index (χ1n) is 6.98. The minimum atomic E-state index is -3.31. The van der Waals surface area contributed by atoms with Crippen molar-refractivity contribution in [1.82, 2.24) is 14.5 Å². The maximum Gasteiger partial charge on any atom is 0.227 e. The van der Waals surface area contributed by atoms with Crippen molar-refractivity contribution < 1.29 is 13.2 Å². The highest BCUT2D eigenvalue weighted by Crippen LogP contribution is 2.15. The van der Waals surface area contributed by atoms with Crippen molar-refractivity contribution in [3.8, 4) is 0 Å². The Labute approximate surface area is 121 Å². The van der Waals surface area contributed by atoms with Crippen LogP contribution in [0, 0.1) is 0 Å². The van der Waals surface area contributed by atoms with E-state index in [0.29, 0.717) is 19.7 Å². The van der Waals surface area contributed by atoms with Gasteiger partial charge in [0.25, 0.3) is 0 Å². The molecule has 0 atom stereocenters. The van der Waals surface area contributed by atoms with Crippen LogP contribution < -0.4 is 0 Å². The molecule has 1 aromatic rings. The topological polar surface area (TPSA) is 64.4 Å². The summed E-state index contributed by atoms with van der Waals surface area (Å²) < 4.78 is 31.0. The van der Waals surface area contributed by atoms with Gasteiger partial charge >= 0.3 is 0 Å². The fraction of sp³-hybridized carbons (Fsp3) is 0.769. The highest BCUT2D eigenvalue weighted by Gasteiger charge is 2.21. The number of ether oxygens (including phenoxy) is 1. The van der Waals surface area contributed by atoms with Crippen LogP contribution in [0.5, 0.6) is 0 Å². The maximum atomic E-state index is 12.1. The molecule has 0 aliphatic heterocycles. The van der Waals surface area contributed by atoms with Crippen molar-refractivity contribution in [1.29, 1.82) is 0 Å². The van der Waals surface area contributed by atoms with Gasteiger partial charge in [0.05, 0.1) is 24.3 Å². The SMILES string of the molecule is CCN(CC)Cc1cnc(S(=O)(=O)CC)n1CCOC. The smallest absolute Gasteiger partial charge is 0.227 e. The van der Waals surface area contributed by atoms with Crippen molar-refractivity contribution in [2.75, 3.05) is 32.6 Å². The van der Waals surface area contributed by atoms with Crippen molar-refractivity contribution in [3.05, 3.63) is 11.9 Å². The van der Waals surface area contributed by atoms with Gasteiger partial charge in [-0.05, 0) is 13.1 Å². The molecule has 0 unspecified atom stereocenters. The van der Waals surface area contributed by atoms with E-state index in [1.807, 2.05) is 0 Å². The lowest BCUT2D eigenvalue weighted by molar-refractivity contribution is 0.181. The van der Waals surface area contributed by atoms with Crippen LogP contribution in [0.3, 0.4) is 0 Å². The molecule has 0 saturated heterocycles. The third kappa shape index (κ3) is 4.04. The molecule has 0 saturated carbocycles. The third-order valence-corrected chi connectivity index (χ3v) is 5.00. The first-order chi connectivity index (χ1) is 9.50. The molecule has 0 amide bonds. The summed E-state index contributed by atoms with van der Waals surface area (Å²) in [5, 5.41) is 0.152. The average Bonchev–Trinajstić information content (AvgIpc) is 2.85. The summed E-state index contributed by atoms with van der Waals surface area (Å²) in [5.41, 5.74) is 0.915. The minimum Gasteiger partial charge on any atom is -0.383 e. The van der Waals surface area contributed by atoms with Crippen LogP contribution in [0.25, 0.3) is 0 Å². The summed E-state index contributed by atoms with van der Waals surface area (Å²) >= 11 is 0. The third-order valence-electron chi connectivity index (χ3n) is 3.36. The van der Waals surface area contributed by atoms with Gasteiger partial charge in [-0.3, -0.25) is 4.90 Å². The second-order valence-corrected chi connectivity index (χ2v) is 6.71. The van der Waals surface area contributed by atoms with Crippen LogP contribution in [0.4, 0.5) is 0 Å². The average molecular weight is 303 g/mol. The van der Waals surface area contributed by atoms with E-state index in [9.17, 15) is 8.42 Å². The van der Waals surface area contributed by atoms with Crippen LogP contribution in [-0.4, -0.2) is 55.4 Å². The van der Waals surface area contributed by atoms with Crippen molar-refractivity contribution in [2.45, 2.75) is 39.0 Å². The number of nitrogens with zero attached hydrogens (tertiary/aromatic N) is 3. The zero-order valence-corrected chi connectivity index (χ0v) is 13.6. The Balaban J connectivity index is 3.12. The Hall–Kier alpha value is -0.920. The van der Waals surface area contributed by atoms with E-state index in [1.165, 1.54) is 0 Å². The quantitative estimate of drug-likeness (QED) is 0.685. The van der Waals surface area contributed by atoms with Gasteiger partial charge in [-0.1, -0.05) is 20.8 Å². The molecule has 1 heterocycles.